The average molecular weight is 457 g/mol. The topological polar surface area (TPSA) is 32.8 Å². The maximum absolute atomic E-state index is 12.5. The predicted molar refractivity (Wildman–Crippen MR) is 138 cm³/mol. The molecule has 4 heteroatoms. The van der Waals surface area contributed by atoms with Gasteiger partial charge in [0.2, 0.25) is 0 Å². The van der Waals surface area contributed by atoms with Crippen molar-refractivity contribution in [3.05, 3.63) is 108 Å². The van der Waals surface area contributed by atoms with E-state index < -0.39 is 0 Å². The van der Waals surface area contributed by atoms with Crippen LogP contribution in [-0.2, 0) is 4.74 Å². The van der Waals surface area contributed by atoms with Crippen LogP contribution in [0.25, 0.3) is 0 Å². The number of carbonyl (C=O) groups excluding carboxylic acids is 1. The van der Waals surface area contributed by atoms with Crippen LogP contribution in [0.2, 0.25) is 0 Å². The first-order valence-corrected chi connectivity index (χ1v) is 12.4. The van der Waals surface area contributed by atoms with Crippen LogP contribution in [0.1, 0.15) is 47.9 Å². The second-order valence-electron chi connectivity index (χ2n) is 9.30. The van der Waals surface area contributed by atoms with Crippen LogP contribution in [0.4, 0.5) is 0 Å². The van der Waals surface area contributed by atoms with Gasteiger partial charge in [-0.3, -0.25) is 14.6 Å². The summed E-state index contributed by atoms with van der Waals surface area (Å²) < 4.78 is 6.46. The van der Waals surface area contributed by atoms with E-state index >= 15 is 0 Å². The molecule has 3 aromatic rings. The number of Topliss-reactive ketones (excluding diaryl/α,β-unsaturated/α-hetero) is 1. The normalized spacial score (nSPS) is 19.4. The first kappa shape index (κ1) is 24.3. The second kappa shape index (κ2) is 12.1. The Labute approximate surface area is 204 Å². The fourth-order valence-corrected chi connectivity index (χ4v) is 4.83. The summed E-state index contributed by atoms with van der Waals surface area (Å²) in [6, 6.07) is 31.4. The minimum Gasteiger partial charge on any atom is -0.367 e. The highest BCUT2D eigenvalue weighted by molar-refractivity contribution is 5.96. The molecule has 0 spiro atoms. The molecule has 1 fully saturated rings. The van der Waals surface area contributed by atoms with Crippen LogP contribution < -0.4 is 0 Å². The number of nitrogens with zero attached hydrogens (tertiary/aromatic N) is 2. The van der Waals surface area contributed by atoms with E-state index in [9.17, 15) is 4.79 Å². The minimum absolute atomic E-state index is 0.0552. The van der Waals surface area contributed by atoms with Crippen molar-refractivity contribution in [2.75, 3.05) is 32.8 Å². The first-order valence-electron chi connectivity index (χ1n) is 12.4. The summed E-state index contributed by atoms with van der Waals surface area (Å²) in [4.78, 5) is 17.5. The number of piperazine rings is 1. The fraction of sp³-hybridized carbons (Fsp3) is 0.367. The zero-order valence-corrected chi connectivity index (χ0v) is 20.3. The molecule has 1 saturated heterocycles. The summed E-state index contributed by atoms with van der Waals surface area (Å²) in [6.45, 7) is 8.91. The third-order valence-corrected chi connectivity index (χ3v) is 6.83. The largest absolute Gasteiger partial charge is 0.367 e. The van der Waals surface area contributed by atoms with E-state index in [0.717, 1.165) is 31.7 Å². The summed E-state index contributed by atoms with van der Waals surface area (Å²) in [5.74, 6) is 0.226. The van der Waals surface area contributed by atoms with Gasteiger partial charge in [-0.15, -0.1) is 0 Å². The fourth-order valence-electron chi connectivity index (χ4n) is 4.83. The second-order valence-corrected chi connectivity index (χ2v) is 9.30. The minimum atomic E-state index is -0.0552. The molecule has 0 aromatic heterocycles. The first-order chi connectivity index (χ1) is 16.6. The lowest BCUT2D eigenvalue weighted by molar-refractivity contribution is 0.00689. The number of hydrogen-bond donors (Lipinski definition) is 0. The molecule has 0 radical (unpaired) electrons. The molecule has 0 saturated carbocycles. The maximum atomic E-state index is 12.5. The molecule has 0 bridgehead atoms. The Morgan fingerprint density at radius 2 is 1.24 bits per heavy atom. The van der Waals surface area contributed by atoms with E-state index in [-0.39, 0.29) is 11.9 Å². The summed E-state index contributed by atoms with van der Waals surface area (Å²) in [6.07, 6.45) is 0.514. The average Bonchev–Trinajstić information content (AvgIpc) is 2.89. The Morgan fingerprint density at radius 1 is 0.765 bits per heavy atom. The zero-order valence-electron chi connectivity index (χ0n) is 20.3. The number of hydrogen-bond acceptors (Lipinski definition) is 4. The van der Waals surface area contributed by atoms with Crippen LogP contribution in [0.3, 0.4) is 0 Å². The molecule has 1 aliphatic rings. The van der Waals surface area contributed by atoms with Crippen molar-refractivity contribution in [2.24, 2.45) is 0 Å². The molecule has 0 N–H and O–H groups in total. The number of rotatable bonds is 10. The Morgan fingerprint density at radius 3 is 1.76 bits per heavy atom. The number of carbonyl (C=O) groups is 1. The van der Waals surface area contributed by atoms with Crippen LogP contribution in [0.5, 0.6) is 0 Å². The molecule has 4 rings (SSSR count). The van der Waals surface area contributed by atoms with Crippen LogP contribution in [0.15, 0.2) is 91.0 Å². The van der Waals surface area contributed by atoms with Crippen molar-refractivity contribution in [1.29, 1.82) is 0 Å². The molecule has 0 amide bonds. The van der Waals surface area contributed by atoms with Gasteiger partial charge >= 0.3 is 0 Å². The Hall–Kier alpha value is -2.79. The van der Waals surface area contributed by atoms with E-state index in [0.29, 0.717) is 25.1 Å². The van der Waals surface area contributed by atoms with Crippen molar-refractivity contribution < 1.29 is 9.53 Å². The molecule has 2 atom stereocenters. The van der Waals surface area contributed by atoms with Crippen molar-refractivity contribution in [1.82, 2.24) is 9.80 Å². The van der Waals surface area contributed by atoms with Gasteiger partial charge in [0.05, 0.1) is 6.61 Å². The van der Waals surface area contributed by atoms with Crippen LogP contribution >= 0.6 is 0 Å². The van der Waals surface area contributed by atoms with Gasteiger partial charge in [0.25, 0.3) is 0 Å². The standard InChI is InChI=1S/C30H36N2O2/c1-24-23-32(25(2)22-31(24)19-18-29(33)26-12-6-3-7-13-26)20-21-34-30(27-14-8-4-9-15-27)28-16-10-5-11-17-28/h3-17,24-25,30H,18-23H2,1-2H3/t24-,25+/m1/s1. The molecule has 178 valence electrons. The van der Waals surface area contributed by atoms with Crippen molar-refractivity contribution >= 4 is 5.78 Å². The van der Waals surface area contributed by atoms with Gasteiger partial charge in [-0.2, -0.15) is 0 Å². The van der Waals surface area contributed by atoms with E-state index in [1.54, 1.807) is 0 Å². The molecule has 4 nitrogen and oxygen atoms in total. The number of ketones is 1. The Kier molecular flexibility index (Phi) is 8.64. The lowest BCUT2D eigenvalue weighted by Crippen LogP contribution is -2.57. The Balaban J connectivity index is 1.29. The van der Waals surface area contributed by atoms with Gasteiger partial charge in [0.15, 0.2) is 5.78 Å². The van der Waals surface area contributed by atoms with Crippen molar-refractivity contribution in [2.45, 2.75) is 38.5 Å². The quantitative estimate of drug-likeness (QED) is 0.379. The maximum Gasteiger partial charge on any atom is 0.164 e. The van der Waals surface area contributed by atoms with Gasteiger partial charge in [-0.05, 0) is 25.0 Å². The summed E-state index contributed by atoms with van der Waals surface area (Å²) in [7, 11) is 0. The van der Waals surface area contributed by atoms with E-state index in [4.69, 9.17) is 4.74 Å². The molecule has 34 heavy (non-hydrogen) atoms. The van der Waals surface area contributed by atoms with E-state index in [1.807, 2.05) is 42.5 Å². The SMILES string of the molecule is C[C@@H]1CN(CCOC(c2ccccc2)c2ccccc2)[C@@H](C)CN1CCC(=O)c1ccccc1. The molecule has 0 unspecified atom stereocenters. The lowest BCUT2D eigenvalue weighted by Gasteiger charge is -2.44. The smallest absolute Gasteiger partial charge is 0.164 e. The lowest BCUT2D eigenvalue weighted by atomic mass is 10.0. The monoisotopic (exact) mass is 456 g/mol. The van der Waals surface area contributed by atoms with E-state index in [2.05, 4.69) is 72.2 Å². The molecular formula is C30H36N2O2. The summed E-state index contributed by atoms with van der Waals surface area (Å²) in [5.41, 5.74) is 3.18. The van der Waals surface area contributed by atoms with Crippen molar-refractivity contribution in [3.8, 4) is 0 Å². The molecule has 1 heterocycles. The number of benzene rings is 3. The molecule has 0 aliphatic carbocycles. The van der Waals surface area contributed by atoms with Gasteiger partial charge in [0, 0.05) is 50.2 Å². The highest BCUT2D eigenvalue weighted by atomic mass is 16.5. The van der Waals surface area contributed by atoms with Crippen LogP contribution in [-0.4, -0.2) is 60.5 Å². The van der Waals surface area contributed by atoms with Crippen molar-refractivity contribution in [3.63, 3.8) is 0 Å². The Bertz CT molecular complexity index is 970. The summed E-state index contributed by atoms with van der Waals surface area (Å²) in [5, 5.41) is 0. The third-order valence-electron chi connectivity index (χ3n) is 6.83. The number of ether oxygens (including phenoxy) is 1. The predicted octanol–water partition coefficient (Wildman–Crippen LogP) is 5.46. The van der Waals surface area contributed by atoms with Gasteiger partial charge in [-0.25, -0.2) is 0 Å². The van der Waals surface area contributed by atoms with Crippen LogP contribution in [0, 0.1) is 0 Å². The third kappa shape index (κ3) is 6.41. The zero-order chi connectivity index (χ0) is 23.8. The molecular weight excluding hydrogens is 420 g/mol. The highest BCUT2D eigenvalue weighted by Crippen LogP contribution is 2.26. The molecule has 3 aromatic carbocycles. The van der Waals surface area contributed by atoms with E-state index in [1.165, 1.54) is 11.1 Å². The van der Waals surface area contributed by atoms with Gasteiger partial charge in [0.1, 0.15) is 6.10 Å². The summed E-state index contributed by atoms with van der Waals surface area (Å²) >= 11 is 0. The van der Waals surface area contributed by atoms with Gasteiger partial charge in [-0.1, -0.05) is 91.0 Å². The van der Waals surface area contributed by atoms with Gasteiger partial charge < -0.3 is 4.74 Å². The highest BCUT2D eigenvalue weighted by Gasteiger charge is 2.29. The molecule has 1 aliphatic heterocycles.